The molecule has 142 valence electrons. The Labute approximate surface area is 158 Å². The van der Waals surface area contributed by atoms with Gasteiger partial charge in [0.05, 0.1) is 11.6 Å². The summed E-state index contributed by atoms with van der Waals surface area (Å²) < 4.78 is 1.75. The van der Waals surface area contributed by atoms with E-state index in [4.69, 9.17) is 0 Å². The minimum absolute atomic E-state index is 0.0713. The van der Waals surface area contributed by atoms with Crippen LogP contribution in [0.3, 0.4) is 0 Å². The Morgan fingerprint density at radius 1 is 1.04 bits per heavy atom. The van der Waals surface area contributed by atoms with Crippen LogP contribution < -0.4 is 5.32 Å². The van der Waals surface area contributed by atoms with Gasteiger partial charge in [0, 0.05) is 44.3 Å². The molecule has 0 aliphatic carbocycles. The quantitative estimate of drug-likeness (QED) is 0.907. The molecular formula is C20H25N5O2. The zero-order valence-corrected chi connectivity index (χ0v) is 15.4. The lowest BCUT2D eigenvalue weighted by atomic mass is 9.97. The van der Waals surface area contributed by atoms with Gasteiger partial charge in [0.1, 0.15) is 0 Å². The molecule has 27 heavy (non-hydrogen) atoms. The maximum Gasteiger partial charge on any atom is 0.321 e. The number of likely N-dealkylation sites (tertiary alicyclic amines) is 2. The lowest BCUT2D eigenvalue weighted by molar-refractivity contribution is -0.135. The van der Waals surface area contributed by atoms with Gasteiger partial charge in [-0.2, -0.15) is 5.10 Å². The normalized spacial score (nSPS) is 19.9. The lowest BCUT2D eigenvalue weighted by Crippen LogP contribution is -2.47. The van der Waals surface area contributed by atoms with Crippen molar-refractivity contribution in [2.45, 2.75) is 25.7 Å². The van der Waals surface area contributed by atoms with Crippen molar-refractivity contribution in [3.05, 3.63) is 42.7 Å². The van der Waals surface area contributed by atoms with Gasteiger partial charge in [-0.15, -0.1) is 0 Å². The van der Waals surface area contributed by atoms with Gasteiger partial charge in [-0.3, -0.25) is 4.79 Å². The average molecular weight is 367 g/mol. The van der Waals surface area contributed by atoms with Crippen LogP contribution in [0.5, 0.6) is 0 Å². The largest absolute Gasteiger partial charge is 0.342 e. The number of nitrogens with one attached hydrogen (secondary N) is 1. The van der Waals surface area contributed by atoms with E-state index in [1.165, 1.54) is 0 Å². The van der Waals surface area contributed by atoms with Gasteiger partial charge in [0.15, 0.2) is 0 Å². The highest BCUT2D eigenvalue weighted by molar-refractivity contribution is 5.90. The summed E-state index contributed by atoms with van der Waals surface area (Å²) in [6.07, 6.45) is 7.50. The molecule has 7 nitrogen and oxygen atoms in total. The van der Waals surface area contributed by atoms with Crippen molar-refractivity contribution in [3.63, 3.8) is 0 Å². The summed E-state index contributed by atoms with van der Waals surface area (Å²) in [5.74, 6) is 0.142. The first-order valence-corrected chi connectivity index (χ1v) is 9.65. The van der Waals surface area contributed by atoms with Crippen molar-refractivity contribution in [3.8, 4) is 5.69 Å². The van der Waals surface area contributed by atoms with Gasteiger partial charge in [-0.25, -0.2) is 9.48 Å². The zero-order chi connectivity index (χ0) is 18.6. The van der Waals surface area contributed by atoms with E-state index in [9.17, 15) is 9.59 Å². The Morgan fingerprint density at radius 2 is 1.85 bits per heavy atom. The molecule has 4 rings (SSSR count). The van der Waals surface area contributed by atoms with Crippen molar-refractivity contribution in [2.75, 3.05) is 31.5 Å². The molecule has 1 atom stereocenters. The summed E-state index contributed by atoms with van der Waals surface area (Å²) in [6, 6.07) is 9.29. The van der Waals surface area contributed by atoms with Crippen molar-refractivity contribution in [1.82, 2.24) is 19.6 Å². The second kappa shape index (κ2) is 7.82. The number of aromatic nitrogens is 2. The molecule has 0 saturated carbocycles. The number of amides is 3. The Kier molecular flexibility index (Phi) is 5.09. The summed E-state index contributed by atoms with van der Waals surface area (Å²) >= 11 is 0. The SMILES string of the molecule is O=C(Nc1cccc(-n2cccn2)c1)N1CCCC(C(=O)N2CCCC2)C1. The molecule has 3 heterocycles. The second-order valence-electron chi connectivity index (χ2n) is 7.25. The number of nitrogens with zero attached hydrogens (tertiary/aromatic N) is 4. The number of hydrogen-bond donors (Lipinski definition) is 1. The third-order valence-electron chi connectivity index (χ3n) is 5.34. The number of urea groups is 1. The fourth-order valence-electron chi connectivity index (χ4n) is 3.91. The zero-order valence-electron chi connectivity index (χ0n) is 15.4. The maximum absolute atomic E-state index is 12.7. The van der Waals surface area contributed by atoms with E-state index in [0.717, 1.165) is 50.1 Å². The molecule has 1 aromatic carbocycles. The smallest absolute Gasteiger partial charge is 0.321 e. The van der Waals surface area contributed by atoms with Crippen LogP contribution in [0.1, 0.15) is 25.7 Å². The molecule has 1 aromatic heterocycles. The van der Waals surface area contributed by atoms with Crippen LogP contribution in [-0.4, -0.2) is 57.7 Å². The Bertz CT molecular complexity index is 798. The molecule has 0 bridgehead atoms. The molecule has 2 fully saturated rings. The minimum Gasteiger partial charge on any atom is -0.342 e. The molecule has 2 aliphatic rings. The van der Waals surface area contributed by atoms with Crippen molar-refractivity contribution >= 4 is 17.6 Å². The predicted octanol–water partition coefficient (Wildman–Crippen LogP) is 2.74. The number of piperidine rings is 1. The van der Waals surface area contributed by atoms with Crippen LogP contribution in [0.4, 0.5) is 10.5 Å². The van der Waals surface area contributed by atoms with Gasteiger partial charge in [-0.1, -0.05) is 6.07 Å². The van der Waals surface area contributed by atoms with E-state index in [-0.39, 0.29) is 17.9 Å². The molecule has 1 unspecified atom stereocenters. The number of anilines is 1. The molecule has 7 heteroatoms. The third kappa shape index (κ3) is 3.97. The number of carbonyl (C=O) groups excluding carboxylic acids is 2. The lowest BCUT2D eigenvalue weighted by Gasteiger charge is -2.34. The summed E-state index contributed by atoms with van der Waals surface area (Å²) in [7, 11) is 0. The molecule has 1 N–H and O–H groups in total. The molecule has 3 amide bonds. The Balaban J connectivity index is 1.39. The number of hydrogen-bond acceptors (Lipinski definition) is 3. The first-order valence-electron chi connectivity index (χ1n) is 9.65. The van der Waals surface area contributed by atoms with E-state index in [1.54, 1.807) is 15.8 Å². The van der Waals surface area contributed by atoms with E-state index < -0.39 is 0 Å². The number of carbonyl (C=O) groups is 2. The monoisotopic (exact) mass is 367 g/mol. The molecular weight excluding hydrogens is 342 g/mol. The highest BCUT2D eigenvalue weighted by Crippen LogP contribution is 2.22. The highest BCUT2D eigenvalue weighted by Gasteiger charge is 2.32. The summed E-state index contributed by atoms with van der Waals surface area (Å²) in [4.78, 5) is 29.1. The maximum atomic E-state index is 12.7. The molecule has 2 aliphatic heterocycles. The van der Waals surface area contributed by atoms with Gasteiger partial charge in [-0.05, 0) is 49.9 Å². The first kappa shape index (κ1) is 17.6. The van der Waals surface area contributed by atoms with Crippen LogP contribution >= 0.6 is 0 Å². The van der Waals surface area contributed by atoms with E-state index in [2.05, 4.69) is 10.4 Å². The van der Waals surface area contributed by atoms with E-state index in [0.29, 0.717) is 13.1 Å². The number of rotatable bonds is 3. The fourth-order valence-corrected chi connectivity index (χ4v) is 3.91. The molecule has 0 radical (unpaired) electrons. The van der Waals surface area contributed by atoms with Crippen molar-refractivity contribution in [1.29, 1.82) is 0 Å². The van der Waals surface area contributed by atoms with Crippen LogP contribution in [-0.2, 0) is 4.79 Å². The number of benzene rings is 1. The van der Waals surface area contributed by atoms with Crippen LogP contribution in [0, 0.1) is 5.92 Å². The van der Waals surface area contributed by atoms with E-state index in [1.807, 2.05) is 41.4 Å². The summed E-state index contributed by atoms with van der Waals surface area (Å²) in [5, 5.41) is 7.18. The molecule has 0 spiro atoms. The van der Waals surface area contributed by atoms with Crippen molar-refractivity contribution in [2.24, 2.45) is 5.92 Å². The minimum atomic E-state index is -0.147. The van der Waals surface area contributed by atoms with Gasteiger partial charge in [0.2, 0.25) is 5.91 Å². The van der Waals surface area contributed by atoms with E-state index >= 15 is 0 Å². The second-order valence-corrected chi connectivity index (χ2v) is 7.25. The predicted molar refractivity (Wildman–Crippen MR) is 103 cm³/mol. The van der Waals surface area contributed by atoms with Gasteiger partial charge < -0.3 is 15.1 Å². The van der Waals surface area contributed by atoms with Crippen molar-refractivity contribution < 1.29 is 9.59 Å². The first-order chi connectivity index (χ1) is 13.2. The van der Waals surface area contributed by atoms with Crippen LogP contribution in [0.2, 0.25) is 0 Å². The average Bonchev–Trinajstić information content (AvgIpc) is 3.42. The summed E-state index contributed by atoms with van der Waals surface area (Å²) in [6.45, 7) is 2.91. The third-order valence-corrected chi connectivity index (χ3v) is 5.34. The fraction of sp³-hybridized carbons (Fsp3) is 0.450. The standard InChI is InChI=1S/C20H25N5O2/c26-19(23-10-1-2-11-23)16-6-4-12-24(15-16)20(27)22-17-7-3-8-18(14-17)25-13-5-9-21-25/h3,5,7-9,13-14,16H,1-2,4,6,10-12,15H2,(H,22,27). The molecule has 2 aromatic rings. The Morgan fingerprint density at radius 3 is 2.63 bits per heavy atom. The van der Waals surface area contributed by atoms with Gasteiger partial charge in [0.25, 0.3) is 0 Å². The highest BCUT2D eigenvalue weighted by atomic mass is 16.2. The summed E-state index contributed by atoms with van der Waals surface area (Å²) in [5.41, 5.74) is 1.61. The van der Waals surface area contributed by atoms with Crippen LogP contribution in [0.25, 0.3) is 5.69 Å². The Hall–Kier alpha value is -2.83. The molecule has 2 saturated heterocycles. The van der Waals surface area contributed by atoms with Crippen LogP contribution in [0.15, 0.2) is 42.7 Å². The van der Waals surface area contributed by atoms with Gasteiger partial charge >= 0.3 is 6.03 Å². The topological polar surface area (TPSA) is 70.5 Å².